The Bertz CT molecular complexity index is 171. The van der Waals surface area contributed by atoms with E-state index in [-0.39, 0.29) is 18.6 Å². The van der Waals surface area contributed by atoms with Gasteiger partial charge >= 0.3 is 5.97 Å². The fraction of sp³-hybridized carbons (Fsp3) is 0.909. The molecule has 0 aliphatic heterocycles. The van der Waals surface area contributed by atoms with Gasteiger partial charge < -0.3 is 15.2 Å². The summed E-state index contributed by atoms with van der Waals surface area (Å²) in [5, 5.41) is 11.8. The van der Waals surface area contributed by atoms with Crippen LogP contribution in [0, 0.1) is 0 Å². The highest BCUT2D eigenvalue weighted by molar-refractivity contribution is 5.66. The summed E-state index contributed by atoms with van der Waals surface area (Å²) in [6, 6.07) is 0.264. The number of aliphatic carboxylic acids is 1. The summed E-state index contributed by atoms with van der Waals surface area (Å²) in [6.45, 7) is 7.68. The highest BCUT2D eigenvalue weighted by Crippen LogP contribution is 1.96. The summed E-state index contributed by atoms with van der Waals surface area (Å²) in [5.74, 6) is -0.730. The number of rotatable bonds is 9. The third kappa shape index (κ3) is 11.3. The smallest absolute Gasteiger partial charge is 0.303 e. The van der Waals surface area contributed by atoms with Crippen molar-refractivity contribution in [3.8, 4) is 0 Å². The van der Waals surface area contributed by atoms with Gasteiger partial charge in [-0.1, -0.05) is 0 Å². The van der Waals surface area contributed by atoms with E-state index in [4.69, 9.17) is 9.84 Å². The van der Waals surface area contributed by atoms with Crippen molar-refractivity contribution >= 4 is 5.97 Å². The molecule has 90 valence electrons. The van der Waals surface area contributed by atoms with Gasteiger partial charge in [0.1, 0.15) is 0 Å². The van der Waals surface area contributed by atoms with E-state index in [0.29, 0.717) is 6.42 Å². The van der Waals surface area contributed by atoms with Crippen molar-refractivity contribution in [2.45, 2.75) is 52.2 Å². The van der Waals surface area contributed by atoms with Crippen LogP contribution < -0.4 is 5.32 Å². The van der Waals surface area contributed by atoms with E-state index in [0.717, 1.165) is 19.6 Å². The normalized spacial score (nSPS) is 13.1. The lowest BCUT2D eigenvalue weighted by Gasteiger charge is -2.13. The van der Waals surface area contributed by atoms with Crippen LogP contribution in [0.15, 0.2) is 0 Å². The molecule has 4 nitrogen and oxygen atoms in total. The van der Waals surface area contributed by atoms with Gasteiger partial charge in [0.15, 0.2) is 0 Å². The molecule has 0 aliphatic carbocycles. The van der Waals surface area contributed by atoms with Crippen LogP contribution in [-0.4, -0.2) is 36.4 Å². The van der Waals surface area contributed by atoms with Gasteiger partial charge in [-0.15, -0.1) is 0 Å². The van der Waals surface area contributed by atoms with Gasteiger partial charge in [0, 0.05) is 19.1 Å². The molecule has 0 fully saturated rings. The molecular formula is C11H23NO3. The minimum absolute atomic E-state index is 0.233. The lowest BCUT2D eigenvalue weighted by Crippen LogP contribution is -2.28. The van der Waals surface area contributed by atoms with E-state index in [1.807, 2.05) is 20.8 Å². The molecule has 15 heavy (non-hydrogen) atoms. The maximum Gasteiger partial charge on any atom is 0.303 e. The maximum absolute atomic E-state index is 10.3. The van der Waals surface area contributed by atoms with Crippen LogP contribution >= 0.6 is 0 Å². The molecule has 0 saturated heterocycles. The van der Waals surface area contributed by atoms with Crippen molar-refractivity contribution in [3.63, 3.8) is 0 Å². The van der Waals surface area contributed by atoms with E-state index < -0.39 is 5.97 Å². The summed E-state index contributed by atoms with van der Waals surface area (Å²) >= 11 is 0. The Morgan fingerprint density at radius 1 is 1.40 bits per heavy atom. The molecule has 2 N–H and O–H groups in total. The monoisotopic (exact) mass is 217 g/mol. The number of carboxylic acid groups (broad SMARTS) is 1. The Kier molecular flexibility index (Phi) is 8.33. The molecule has 0 amide bonds. The summed E-state index contributed by atoms with van der Waals surface area (Å²) < 4.78 is 5.39. The number of hydrogen-bond donors (Lipinski definition) is 2. The van der Waals surface area contributed by atoms with Gasteiger partial charge in [-0.05, 0) is 40.2 Å². The Hall–Kier alpha value is -0.610. The molecule has 1 unspecified atom stereocenters. The Labute approximate surface area is 92.0 Å². The maximum atomic E-state index is 10.3. The molecular weight excluding hydrogens is 194 g/mol. The van der Waals surface area contributed by atoms with Gasteiger partial charge in [0.25, 0.3) is 0 Å². The van der Waals surface area contributed by atoms with E-state index in [1.165, 1.54) is 0 Å². The molecule has 0 heterocycles. The Morgan fingerprint density at radius 3 is 2.60 bits per heavy atom. The van der Waals surface area contributed by atoms with E-state index in [9.17, 15) is 4.79 Å². The fourth-order valence-electron chi connectivity index (χ4n) is 1.18. The van der Waals surface area contributed by atoms with Gasteiger partial charge in [-0.3, -0.25) is 4.79 Å². The van der Waals surface area contributed by atoms with E-state index in [2.05, 4.69) is 5.32 Å². The average Bonchev–Trinajstić information content (AvgIpc) is 2.13. The predicted molar refractivity (Wildman–Crippen MR) is 60.0 cm³/mol. The zero-order chi connectivity index (χ0) is 11.7. The first-order chi connectivity index (χ1) is 7.02. The number of hydrogen-bond acceptors (Lipinski definition) is 3. The van der Waals surface area contributed by atoms with E-state index in [1.54, 1.807) is 0 Å². The molecule has 0 saturated carbocycles. The predicted octanol–water partition coefficient (Wildman–Crippen LogP) is 1.64. The van der Waals surface area contributed by atoms with Gasteiger partial charge in [0.2, 0.25) is 0 Å². The summed E-state index contributed by atoms with van der Waals surface area (Å²) in [4.78, 5) is 10.3. The first kappa shape index (κ1) is 14.4. The molecule has 1 atom stereocenters. The van der Waals surface area contributed by atoms with Crippen LogP contribution in [-0.2, 0) is 9.53 Å². The minimum atomic E-state index is -0.730. The van der Waals surface area contributed by atoms with Crippen molar-refractivity contribution in [1.29, 1.82) is 0 Å². The molecule has 4 heteroatoms. The average molecular weight is 217 g/mol. The van der Waals surface area contributed by atoms with Crippen molar-refractivity contribution < 1.29 is 14.6 Å². The molecule has 0 radical (unpaired) electrons. The van der Waals surface area contributed by atoms with Crippen molar-refractivity contribution in [2.75, 3.05) is 13.2 Å². The number of nitrogens with one attached hydrogen (secondary N) is 1. The second-order valence-corrected chi connectivity index (χ2v) is 4.06. The second-order valence-electron chi connectivity index (χ2n) is 4.06. The van der Waals surface area contributed by atoms with Crippen LogP contribution in [0.3, 0.4) is 0 Å². The highest BCUT2D eigenvalue weighted by Gasteiger charge is 2.04. The summed E-state index contributed by atoms with van der Waals surface area (Å²) in [5.41, 5.74) is 0. The molecule has 0 aliphatic rings. The minimum Gasteiger partial charge on any atom is -0.481 e. The first-order valence-electron chi connectivity index (χ1n) is 5.59. The third-order valence-electron chi connectivity index (χ3n) is 2.06. The zero-order valence-electron chi connectivity index (χ0n) is 9.95. The fourth-order valence-corrected chi connectivity index (χ4v) is 1.18. The molecule has 0 bridgehead atoms. The zero-order valence-corrected chi connectivity index (χ0v) is 9.95. The van der Waals surface area contributed by atoms with Crippen LogP contribution in [0.25, 0.3) is 0 Å². The Balaban J connectivity index is 3.23. The molecule has 0 aromatic carbocycles. The van der Waals surface area contributed by atoms with Crippen molar-refractivity contribution in [2.24, 2.45) is 0 Å². The number of ether oxygens (including phenoxy) is 1. The van der Waals surface area contributed by atoms with Crippen LogP contribution in [0.4, 0.5) is 0 Å². The van der Waals surface area contributed by atoms with Crippen LogP contribution in [0.1, 0.15) is 40.0 Å². The molecule has 0 rings (SSSR count). The standard InChI is InChI=1S/C11H23NO3/c1-9(2)15-8-4-7-12-10(3)5-6-11(13)14/h9-10,12H,4-8H2,1-3H3,(H,13,14). The van der Waals surface area contributed by atoms with Crippen LogP contribution in [0.2, 0.25) is 0 Å². The number of carbonyl (C=O) groups is 1. The third-order valence-corrected chi connectivity index (χ3v) is 2.06. The molecule has 0 spiro atoms. The molecule has 0 aromatic rings. The van der Waals surface area contributed by atoms with Crippen molar-refractivity contribution in [3.05, 3.63) is 0 Å². The second kappa shape index (κ2) is 8.68. The van der Waals surface area contributed by atoms with Gasteiger partial charge in [-0.25, -0.2) is 0 Å². The van der Waals surface area contributed by atoms with Gasteiger partial charge in [-0.2, -0.15) is 0 Å². The molecule has 0 aromatic heterocycles. The summed E-state index contributed by atoms with van der Waals surface area (Å²) in [7, 11) is 0. The lowest BCUT2D eigenvalue weighted by molar-refractivity contribution is -0.137. The largest absolute Gasteiger partial charge is 0.481 e. The SMILES string of the molecule is CC(CCC(=O)O)NCCCOC(C)C. The first-order valence-corrected chi connectivity index (χ1v) is 5.59. The van der Waals surface area contributed by atoms with Gasteiger partial charge in [0.05, 0.1) is 6.10 Å². The Morgan fingerprint density at radius 2 is 2.07 bits per heavy atom. The van der Waals surface area contributed by atoms with Crippen molar-refractivity contribution in [1.82, 2.24) is 5.32 Å². The topological polar surface area (TPSA) is 58.6 Å². The van der Waals surface area contributed by atoms with E-state index >= 15 is 0 Å². The highest BCUT2D eigenvalue weighted by atomic mass is 16.5. The quantitative estimate of drug-likeness (QED) is 0.576. The summed E-state index contributed by atoms with van der Waals surface area (Å²) in [6.07, 6.45) is 2.17. The number of carboxylic acids is 1. The van der Waals surface area contributed by atoms with Crippen LogP contribution in [0.5, 0.6) is 0 Å². The lowest BCUT2D eigenvalue weighted by atomic mass is 10.2.